The molecule has 3 aromatic rings. The number of hydrogen-bond acceptors (Lipinski definition) is 6. The highest BCUT2D eigenvalue weighted by Gasteiger charge is 2.73. The number of hydrogen-bond donors (Lipinski definition) is 0. The van der Waals surface area contributed by atoms with Gasteiger partial charge in [-0.15, -0.1) is 0 Å². The summed E-state index contributed by atoms with van der Waals surface area (Å²) in [5.74, 6) is -2.28. The van der Waals surface area contributed by atoms with Gasteiger partial charge in [0.2, 0.25) is 11.8 Å². The highest BCUT2D eigenvalue weighted by Crippen LogP contribution is 2.62. The predicted molar refractivity (Wildman–Crippen MR) is 140 cm³/mol. The van der Waals surface area contributed by atoms with Crippen molar-refractivity contribution in [1.82, 2.24) is 0 Å². The average Bonchev–Trinajstić information content (AvgIpc) is 3.51. The molecule has 4 atom stereocenters. The molecule has 0 saturated carbocycles. The van der Waals surface area contributed by atoms with E-state index in [1.54, 1.807) is 18.2 Å². The molecule has 2 amide bonds. The van der Waals surface area contributed by atoms with Gasteiger partial charge >= 0.3 is 5.97 Å². The molecule has 6 rings (SSSR count). The molecule has 38 heavy (non-hydrogen) atoms. The van der Waals surface area contributed by atoms with Crippen molar-refractivity contribution in [2.24, 2.45) is 11.8 Å². The molecule has 0 aromatic heterocycles. The van der Waals surface area contributed by atoms with Crippen molar-refractivity contribution in [2.45, 2.75) is 44.0 Å². The molecular formula is C31H26N2O5. The van der Waals surface area contributed by atoms with Crippen molar-refractivity contribution in [3.05, 3.63) is 90.0 Å². The second-order valence-corrected chi connectivity index (χ2v) is 10.4. The zero-order valence-corrected chi connectivity index (χ0v) is 20.9. The fourth-order valence-electron chi connectivity index (χ4n) is 6.49. The highest BCUT2D eigenvalue weighted by molar-refractivity contribution is 6.26. The van der Waals surface area contributed by atoms with Gasteiger partial charge < -0.3 is 9.47 Å². The summed E-state index contributed by atoms with van der Waals surface area (Å²) >= 11 is 0. The Balaban J connectivity index is 1.26. The average molecular weight is 507 g/mol. The molecule has 3 heterocycles. The molecule has 3 aliphatic heterocycles. The summed E-state index contributed by atoms with van der Waals surface area (Å²) in [6.07, 6.45) is 4.66. The fourth-order valence-corrected chi connectivity index (χ4v) is 6.49. The molecule has 7 nitrogen and oxygen atoms in total. The number of carbonyl (C=O) groups is 3. The van der Waals surface area contributed by atoms with Crippen LogP contribution in [-0.4, -0.2) is 29.0 Å². The van der Waals surface area contributed by atoms with Crippen molar-refractivity contribution in [1.29, 1.82) is 5.26 Å². The van der Waals surface area contributed by atoms with E-state index in [-0.39, 0.29) is 18.4 Å². The van der Waals surface area contributed by atoms with Gasteiger partial charge in [-0.3, -0.25) is 9.59 Å². The van der Waals surface area contributed by atoms with E-state index in [0.29, 0.717) is 41.3 Å². The third-order valence-corrected chi connectivity index (χ3v) is 8.22. The van der Waals surface area contributed by atoms with Gasteiger partial charge in [-0.2, -0.15) is 5.26 Å². The Bertz CT molecular complexity index is 1540. The smallest absolute Gasteiger partial charge is 0.330 e. The number of nitriles is 1. The van der Waals surface area contributed by atoms with Crippen LogP contribution in [0.3, 0.4) is 0 Å². The summed E-state index contributed by atoms with van der Waals surface area (Å²) in [6.45, 7) is 2.08. The van der Waals surface area contributed by atoms with E-state index < -0.39 is 29.0 Å². The lowest BCUT2D eigenvalue weighted by molar-refractivity contribution is -0.139. The van der Waals surface area contributed by atoms with E-state index in [4.69, 9.17) is 9.47 Å². The van der Waals surface area contributed by atoms with Crippen molar-refractivity contribution < 1.29 is 23.9 Å². The molecule has 0 spiro atoms. The molecule has 3 aliphatic rings. The lowest BCUT2D eigenvalue weighted by atomic mass is 9.67. The van der Waals surface area contributed by atoms with Gasteiger partial charge in [-0.1, -0.05) is 60.7 Å². The number of carbonyl (C=O) groups excluding carboxylic acids is 3. The van der Waals surface area contributed by atoms with Crippen LogP contribution in [0.25, 0.3) is 10.8 Å². The maximum Gasteiger partial charge on any atom is 0.330 e. The quantitative estimate of drug-likeness (QED) is 0.270. The van der Waals surface area contributed by atoms with Gasteiger partial charge in [0.05, 0.1) is 40.4 Å². The zero-order valence-electron chi connectivity index (χ0n) is 20.9. The number of ether oxygens (including phenoxy) is 2. The van der Waals surface area contributed by atoms with E-state index in [9.17, 15) is 19.6 Å². The molecule has 0 N–H and O–H groups in total. The van der Waals surface area contributed by atoms with Gasteiger partial charge in [0, 0.05) is 16.8 Å². The standard InChI is InChI=1S/C31H26N2O5/c1-30-16-17-31(38-30,15-7-12-25(34)37-19-20-8-3-2-4-9-20)27-26(30)28(35)33(29(27)36)24-14-13-21(18-32)22-10-5-6-11-23(22)24/h2-14,26-27H,15-17,19H2,1H3/b12-7+. The Morgan fingerprint density at radius 3 is 2.50 bits per heavy atom. The Morgan fingerprint density at radius 1 is 1.03 bits per heavy atom. The van der Waals surface area contributed by atoms with Gasteiger partial charge in [0.15, 0.2) is 0 Å². The number of imide groups is 1. The van der Waals surface area contributed by atoms with Crippen LogP contribution in [-0.2, 0) is 30.5 Å². The topological polar surface area (TPSA) is 96.7 Å². The Morgan fingerprint density at radius 2 is 1.74 bits per heavy atom. The Labute approximate surface area is 220 Å². The maximum atomic E-state index is 13.9. The summed E-state index contributed by atoms with van der Waals surface area (Å²) in [6, 6.07) is 22.2. The molecule has 3 saturated heterocycles. The molecule has 7 heteroatoms. The number of nitrogens with zero attached hydrogens (tertiary/aromatic N) is 2. The van der Waals surface area contributed by atoms with E-state index >= 15 is 0 Å². The molecule has 4 unspecified atom stereocenters. The van der Waals surface area contributed by atoms with Crippen molar-refractivity contribution >= 4 is 34.2 Å². The van der Waals surface area contributed by atoms with Crippen LogP contribution in [0, 0.1) is 23.2 Å². The third-order valence-electron chi connectivity index (χ3n) is 8.22. The van der Waals surface area contributed by atoms with Crippen LogP contribution in [0.5, 0.6) is 0 Å². The van der Waals surface area contributed by atoms with E-state index in [1.807, 2.05) is 61.5 Å². The summed E-state index contributed by atoms with van der Waals surface area (Å²) < 4.78 is 11.8. The fraction of sp³-hybridized carbons (Fsp3) is 0.290. The van der Waals surface area contributed by atoms with Gasteiger partial charge in [0.25, 0.3) is 0 Å². The normalized spacial score (nSPS) is 27.7. The largest absolute Gasteiger partial charge is 0.458 e. The molecule has 3 aromatic carbocycles. The van der Waals surface area contributed by atoms with E-state index in [2.05, 4.69) is 6.07 Å². The van der Waals surface area contributed by atoms with Crippen LogP contribution < -0.4 is 4.90 Å². The first-order chi connectivity index (χ1) is 18.4. The van der Waals surface area contributed by atoms with Gasteiger partial charge in [-0.05, 0) is 43.9 Å². The second kappa shape index (κ2) is 8.93. The van der Waals surface area contributed by atoms with Crippen molar-refractivity contribution in [3.63, 3.8) is 0 Å². The molecule has 2 bridgehead atoms. The Hall–Kier alpha value is -4.28. The highest BCUT2D eigenvalue weighted by atomic mass is 16.5. The first kappa shape index (κ1) is 24.1. The number of esters is 1. The zero-order chi connectivity index (χ0) is 26.5. The van der Waals surface area contributed by atoms with Crippen LogP contribution in [0.15, 0.2) is 78.9 Å². The number of amides is 2. The summed E-state index contributed by atoms with van der Waals surface area (Å²) in [5, 5.41) is 10.9. The lowest BCUT2D eigenvalue weighted by Gasteiger charge is -2.30. The van der Waals surface area contributed by atoms with Crippen molar-refractivity contribution in [2.75, 3.05) is 4.90 Å². The second-order valence-electron chi connectivity index (χ2n) is 10.4. The van der Waals surface area contributed by atoms with Crippen LogP contribution >= 0.6 is 0 Å². The number of anilines is 1. The number of rotatable bonds is 6. The maximum absolute atomic E-state index is 13.9. The van der Waals surface area contributed by atoms with Gasteiger partial charge in [0.1, 0.15) is 6.61 Å². The molecule has 3 fully saturated rings. The van der Waals surface area contributed by atoms with Crippen LogP contribution in [0.2, 0.25) is 0 Å². The molecule has 0 radical (unpaired) electrons. The Kier molecular flexibility index (Phi) is 5.66. The minimum atomic E-state index is -0.862. The number of fused-ring (bicyclic) bond motifs is 6. The summed E-state index contributed by atoms with van der Waals surface area (Å²) in [4.78, 5) is 41.3. The van der Waals surface area contributed by atoms with Crippen molar-refractivity contribution in [3.8, 4) is 6.07 Å². The van der Waals surface area contributed by atoms with Crippen LogP contribution in [0.4, 0.5) is 5.69 Å². The monoisotopic (exact) mass is 506 g/mol. The van der Waals surface area contributed by atoms with Crippen LogP contribution in [0.1, 0.15) is 37.3 Å². The summed E-state index contributed by atoms with van der Waals surface area (Å²) in [7, 11) is 0. The van der Waals surface area contributed by atoms with E-state index in [1.165, 1.54) is 11.0 Å². The lowest BCUT2D eigenvalue weighted by Crippen LogP contribution is -2.41. The molecule has 0 aliphatic carbocycles. The first-order valence-electron chi connectivity index (χ1n) is 12.7. The number of benzene rings is 3. The molecular weight excluding hydrogens is 480 g/mol. The summed E-state index contributed by atoms with van der Waals surface area (Å²) in [5.41, 5.74) is 0.254. The van der Waals surface area contributed by atoms with E-state index in [0.717, 1.165) is 5.56 Å². The minimum Gasteiger partial charge on any atom is -0.458 e. The SMILES string of the molecule is CC12CCC(C/C=C/C(=O)OCc3ccccc3)(O1)C1C(=O)N(c3ccc(C#N)c4ccccc34)C(=O)C12. The molecule has 190 valence electrons. The first-order valence-corrected chi connectivity index (χ1v) is 12.7. The minimum absolute atomic E-state index is 0.176. The third kappa shape index (κ3) is 3.64. The van der Waals surface area contributed by atoms with Gasteiger partial charge in [-0.25, -0.2) is 9.69 Å². The predicted octanol–water partition coefficient (Wildman–Crippen LogP) is 4.83.